The Bertz CT molecular complexity index is 307. The van der Waals surface area contributed by atoms with Crippen molar-refractivity contribution in [2.45, 2.75) is 20.0 Å². The predicted molar refractivity (Wildman–Crippen MR) is 53.4 cm³/mol. The van der Waals surface area contributed by atoms with E-state index < -0.39 is 18.1 Å². The molecule has 2 amide bonds. The molecule has 0 aromatic heterocycles. The zero-order valence-corrected chi connectivity index (χ0v) is 8.61. The number of hydroxylamine groups is 1. The van der Waals surface area contributed by atoms with Crippen molar-refractivity contribution in [2.24, 2.45) is 5.73 Å². The molecule has 1 atom stereocenters. The van der Waals surface area contributed by atoms with E-state index in [0.717, 1.165) is 0 Å². The Labute approximate surface area is 87.4 Å². The number of nitrogens with two attached hydrogens (primary N) is 1. The molecule has 0 aliphatic rings. The Morgan fingerprint density at radius 2 is 2.13 bits per heavy atom. The van der Waals surface area contributed by atoms with Gasteiger partial charge in [0.1, 0.15) is 0 Å². The maximum atomic E-state index is 11.2. The smallest absolute Gasteiger partial charge is 0.359 e. The first-order chi connectivity index (χ1) is 6.90. The van der Waals surface area contributed by atoms with E-state index in [9.17, 15) is 14.7 Å². The maximum absolute atomic E-state index is 11.2. The molecule has 84 valence electrons. The first-order valence-corrected chi connectivity index (χ1v) is 4.18. The second kappa shape index (κ2) is 5.82. The highest BCUT2D eigenvalue weighted by Gasteiger charge is 2.14. The van der Waals surface area contributed by atoms with Crippen molar-refractivity contribution < 1.29 is 19.5 Å². The number of primary amides is 1. The minimum Gasteiger partial charge on any atom is -0.389 e. The third-order valence-electron chi connectivity index (χ3n) is 1.65. The second-order valence-corrected chi connectivity index (χ2v) is 2.82. The molecule has 6 heteroatoms. The average Bonchev–Trinajstić information content (AvgIpc) is 2.14. The molecule has 1 unspecified atom stereocenters. The minimum atomic E-state index is -0.978. The van der Waals surface area contributed by atoms with E-state index in [1.54, 1.807) is 5.48 Å². The van der Waals surface area contributed by atoms with Crippen molar-refractivity contribution in [1.82, 2.24) is 5.48 Å². The van der Waals surface area contributed by atoms with Gasteiger partial charge in [0.05, 0.1) is 6.10 Å². The molecule has 6 nitrogen and oxygen atoms in total. The van der Waals surface area contributed by atoms with Crippen LogP contribution in [0.15, 0.2) is 23.8 Å². The zero-order chi connectivity index (χ0) is 12.0. The standard InChI is InChI=1S/C9H14N2O4/c1-4-7(6(3)12)5(2)8(13)15-11-9(10)14/h4,6,12H,1H2,2-3H3,(H3,10,11,14)/b7-5-. The van der Waals surface area contributed by atoms with Crippen LogP contribution in [0, 0.1) is 0 Å². The number of aliphatic hydroxyl groups excluding tert-OH is 1. The SMILES string of the molecule is C=C/C(=C(\C)C(=O)ONC(N)=O)C(C)O. The summed E-state index contributed by atoms with van der Waals surface area (Å²) >= 11 is 0. The molecular weight excluding hydrogens is 200 g/mol. The molecule has 0 aromatic rings. The van der Waals surface area contributed by atoms with Gasteiger partial charge in [0.15, 0.2) is 0 Å². The molecule has 0 heterocycles. The van der Waals surface area contributed by atoms with E-state index in [4.69, 9.17) is 5.73 Å². The lowest BCUT2D eigenvalue weighted by Gasteiger charge is -2.10. The van der Waals surface area contributed by atoms with Gasteiger partial charge >= 0.3 is 12.0 Å². The third-order valence-corrected chi connectivity index (χ3v) is 1.65. The molecule has 4 N–H and O–H groups in total. The number of urea groups is 1. The predicted octanol–water partition coefficient (Wildman–Crippen LogP) is -0.00380. The Kier molecular flexibility index (Phi) is 5.11. The molecule has 0 radical (unpaired) electrons. The van der Waals surface area contributed by atoms with Crippen LogP contribution in [0.5, 0.6) is 0 Å². The van der Waals surface area contributed by atoms with Gasteiger partial charge < -0.3 is 15.7 Å². The molecule has 0 rings (SSSR count). The highest BCUT2D eigenvalue weighted by Crippen LogP contribution is 2.11. The van der Waals surface area contributed by atoms with Crippen LogP contribution in [0.4, 0.5) is 4.79 Å². The van der Waals surface area contributed by atoms with Gasteiger partial charge in [-0.3, -0.25) is 0 Å². The van der Waals surface area contributed by atoms with Crippen molar-refractivity contribution in [2.75, 3.05) is 0 Å². The van der Waals surface area contributed by atoms with Crippen LogP contribution in [-0.2, 0) is 9.63 Å². The van der Waals surface area contributed by atoms with Crippen LogP contribution in [0.3, 0.4) is 0 Å². The quantitative estimate of drug-likeness (QED) is 0.349. The van der Waals surface area contributed by atoms with Crippen LogP contribution in [0.2, 0.25) is 0 Å². The van der Waals surface area contributed by atoms with Crippen LogP contribution < -0.4 is 11.2 Å². The van der Waals surface area contributed by atoms with Crippen molar-refractivity contribution in [3.63, 3.8) is 0 Å². The molecule has 0 aliphatic heterocycles. The molecule has 0 aliphatic carbocycles. The fourth-order valence-electron chi connectivity index (χ4n) is 0.928. The zero-order valence-electron chi connectivity index (χ0n) is 8.61. The largest absolute Gasteiger partial charge is 0.389 e. The number of nitrogens with one attached hydrogen (secondary N) is 1. The van der Waals surface area contributed by atoms with Crippen LogP contribution >= 0.6 is 0 Å². The summed E-state index contributed by atoms with van der Waals surface area (Å²) in [6.45, 7) is 6.36. The summed E-state index contributed by atoms with van der Waals surface area (Å²) in [6.07, 6.45) is 0.495. The highest BCUT2D eigenvalue weighted by molar-refractivity contribution is 5.90. The number of hydrogen-bond donors (Lipinski definition) is 3. The van der Waals surface area contributed by atoms with Gasteiger partial charge in [-0.1, -0.05) is 12.7 Å². The number of rotatable bonds is 3. The van der Waals surface area contributed by atoms with E-state index in [1.165, 1.54) is 19.9 Å². The molecule has 0 bridgehead atoms. The first kappa shape index (κ1) is 13.2. The van der Waals surface area contributed by atoms with E-state index in [0.29, 0.717) is 5.57 Å². The molecule has 0 saturated carbocycles. The highest BCUT2D eigenvalue weighted by atomic mass is 16.7. The normalized spacial score (nSPS) is 13.5. The van der Waals surface area contributed by atoms with Gasteiger partial charge in [0.2, 0.25) is 0 Å². The van der Waals surface area contributed by atoms with Crippen molar-refractivity contribution >= 4 is 12.0 Å². The summed E-state index contributed by atoms with van der Waals surface area (Å²) < 4.78 is 0. The third kappa shape index (κ3) is 4.28. The van der Waals surface area contributed by atoms with Gasteiger partial charge in [0.25, 0.3) is 0 Å². The lowest BCUT2D eigenvalue weighted by molar-refractivity contribution is -0.143. The summed E-state index contributed by atoms with van der Waals surface area (Å²) in [5.41, 5.74) is 6.85. The van der Waals surface area contributed by atoms with Crippen LogP contribution in [-0.4, -0.2) is 23.2 Å². The minimum absolute atomic E-state index is 0.147. The summed E-state index contributed by atoms with van der Waals surface area (Å²) in [6, 6.07) is -0.978. The van der Waals surface area contributed by atoms with Gasteiger partial charge in [-0.05, 0) is 19.4 Å². The lowest BCUT2D eigenvalue weighted by atomic mass is 10.1. The van der Waals surface area contributed by atoms with Crippen molar-refractivity contribution in [3.05, 3.63) is 23.8 Å². The first-order valence-electron chi connectivity index (χ1n) is 4.18. The van der Waals surface area contributed by atoms with Crippen molar-refractivity contribution in [3.8, 4) is 0 Å². The van der Waals surface area contributed by atoms with Gasteiger partial charge in [-0.15, -0.1) is 0 Å². The number of amides is 2. The molecule has 15 heavy (non-hydrogen) atoms. The van der Waals surface area contributed by atoms with Gasteiger partial charge in [-0.25, -0.2) is 9.59 Å². The second-order valence-electron chi connectivity index (χ2n) is 2.82. The number of hydrogen-bond acceptors (Lipinski definition) is 4. The van der Waals surface area contributed by atoms with E-state index in [-0.39, 0.29) is 5.57 Å². The average molecular weight is 214 g/mol. The summed E-state index contributed by atoms with van der Waals surface area (Å²) in [4.78, 5) is 25.8. The Hall–Kier alpha value is -1.82. The summed E-state index contributed by atoms with van der Waals surface area (Å²) in [5, 5.41) is 9.26. The Balaban J connectivity index is 4.66. The number of carbonyl (C=O) groups excluding carboxylic acids is 2. The maximum Gasteiger partial charge on any atom is 0.359 e. The Morgan fingerprint density at radius 3 is 2.47 bits per heavy atom. The number of aliphatic hydroxyl groups is 1. The van der Waals surface area contributed by atoms with Gasteiger partial charge in [-0.2, -0.15) is 5.48 Å². The Morgan fingerprint density at radius 1 is 1.60 bits per heavy atom. The topological polar surface area (TPSA) is 102 Å². The lowest BCUT2D eigenvalue weighted by Crippen LogP contribution is -2.32. The fraction of sp³-hybridized carbons (Fsp3) is 0.333. The van der Waals surface area contributed by atoms with E-state index >= 15 is 0 Å². The van der Waals surface area contributed by atoms with E-state index in [2.05, 4.69) is 11.4 Å². The van der Waals surface area contributed by atoms with Crippen LogP contribution in [0.25, 0.3) is 0 Å². The summed E-state index contributed by atoms with van der Waals surface area (Å²) in [7, 11) is 0. The van der Waals surface area contributed by atoms with Gasteiger partial charge in [0, 0.05) is 5.57 Å². The fourth-order valence-corrected chi connectivity index (χ4v) is 0.928. The molecular formula is C9H14N2O4. The van der Waals surface area contributed by atoms with E-state index in [1.807, 2.05) is 0 Å². The molecule has 0 spiro atoms. The monoisotopic (exact) mass is 214 g/mol. The van der Waals surface area contributed by atoms with Crippen molar-refractivity contribution in [1.29, 1.82) is 0 Å². The number of carbonyl (C=O) groups is 2. The molecule has 0 saturated heterocycles. The van der Waals surface area contributed by atoms with Crippen LogP contribution in [0.1, 0.15) is 13.8 Å². The summed E-state index contributed by atoms with van der Waals surface area (Å²) in [5.74, 6) is -0.801. The molecule has 0 aromatic carbocycles. The molecule has 0 fully saturated rings.